The minimum atomic E-state index is -0.505. The number of Topliss-reactive ketones (excluding diaryl/α,β-unsaturated/α-hetero) is 1. The molecule has 1 saturated heterocycles. The fraction of sp³-hybridized carbons (Fsp3) is 0.304. The van der Waals surface area contributed by atoms with Gasteiger partial charge in [0, 0.05) is 23.7 Å². The number of ketones is 1. The molecule has 2 aromatic rings. The Morgan fingerprint density at radius 3 is 2.39 bits per heavy atom. The van der Waals surface area contributed by atoms with Gasteiger partial charge in [-0.1, -0.05) is 11.8 Å². The smallest absolute Gasteiger partial charge is 0.242 e. The van der Waals surface area contributed by atoms with Gasteiger partial charge in [-0.2, -0.15) is 0 Å². The third kappa shape index (κ3) is 4.96. The zero-order valence-corrected chi connectivity index (χ0v) is 18.1. The molecule has 2 amide bonds. The maximum Gasteiger partial charge on any atom is 0.242 e. The molecule has 0 radical (unpaired) electrons. The fourth-order valence-electron chi connectivity index (χ4n) is 3.30. The van der Waals surface area contributed by atoms with Crippen molar-refractivity contribution in [2.75, 3.05) is 12.4 Å². The Morgan fingerprint density at radius 1 is 1.13 bits per heavy atom. The summed E-state index contributed by atoms with van der Waals surface area (Å²) in [5.74, 6) is 0.392. The van der Waals surface area contributed by atoms with Gasteiger partial charge in [0.05, 0.1) is 12.8 Å². The van der Waals surface area contributed by atoms with Gasteiger partial charge < -0.3 is 10.1 Å². The monoisotopic (exact) mass is 437 g/mol. The molecule has 2 aromatic carbocycles. The van der Waals surface area contributed by atoms with Crippen molar-refractivity contribution >= 4 is 45.9 Å². The summed E-state index contributed by atoms with van der Waals surface area (Å²) in [5, 5.41) is 2.94. The lowest BCUT2D eigenvalue weighted by atomic mass is 10.1. The van der Waals surface area contributed by atoms with Crippen LogP contribution in [0.15, 0.2) is 53.5 Å². The molecule has 1 aliphatic carbocycles. The van der Waals surface area contributed by atoms with Crippen LogP contribution in [0.2, 0.25) is 0 Å². The number of thioether (sulfide) groups is 1. The molecule has 1 N–H and O–H groups in total. The maximum atomic E-state index is 13.0. The van der Waals surface area contributed by atoms with Crippen LogP contribution in [0.25, 0.3) is 0 Å². The first-order chi connectivity index (χ1) is 14.9. The average Bonchev–Trinajstić information content (AvgIpc) is 3.54. The van der Waals surface area contributed by atoms with Gasteiger partial charge >= 0.3 is 0 Å². The van der Waals surface area contributed by atoms with E-state index < -0.39 is 5.25 Å². The molecular formula is C23H23N3O4S. The highest BCUT2D eigenvalue weighted by atomic mass is 32.2. The van der Waals surface area contributed by atoms with Crippen molar-refractivity contribution in [2.24, 2.45) is 4.99 Å². The van der Waals surface area contributed by atoms with Crippen LogP contribution in [-0.4, -0.2) is 46.1 Å². The first-order valence-corrected chi connectivity index (χ1v) is 11.0. The van der Waals surface area contributed by atoms with Crippen LogP contribution in [0, 0.1) is 0 Å². The summed E-state index contributed by atoms with van der Waals surface area (Å²) in [4.78, 5) is 43.3. The fourth-order valence-corrected chi connectivity index (χ4v) is 4.51. The van der Waals surface area contributed by atoms with Crippen molar-refractivity contribution < 1.29 is 19.1 Å². The van der Waals surface area contributed by atoms with E-state index in [2.05, 4.69) is 10.3 Å². The van der Waals surface area contributed by atoms with Crippen LogP contribution in [0.4, 0.5) is 11.4 Å². The Balaban J connectivity index is 1.44. The second-order valence-electron chi connectivity index (χ2n) is 7.52. The quantitative estimate of drug-likeness (QED) is 0.661. The highest BCUT2D eigenvalue weighted by Crippen LogP contribution is 2.39. The topological polar surface area (TPSA) is 88.1 Å². The Bertz CT molecular complexity index is 1030. The van der Waals surface area contributed by atoms with E-state index in [9.17, 15) is 14.4 Å². The van der Waals surface area contributed by atoms with E-state index in [-0.39, 0.29) is 30.1 Å². The number of amides is 2. The number of ether oxygens (including phenoxy) is 1. The number of aliphatic imine (C=N–C) groups is 1. The zero-order chi connectivity index (χ0) is 22.0. The standard InChI is InChI=1S/C23H23N3O4S/c1-14(27)15-3-5-16(6-4-15)24-21(28)13-20-22(29)26(18-9-10-18)23(31-20)25-17-7-11-19(30-2)12-8-17/h3-8,11-12,18,20H,9-10,13H2,1-2H3,(H,24,28). The molecule has 2 fully saturated rings. The van der Waals surface area contributed by atoms with E-state index in [1.54, 1.807) is 36.3 Å². The number of methoxy groups -OCH3 is 1. The Labute approximate surface area is 184 Å². The van der Waals surface area contributed by atoms with Crippen molar-refractivity contribution in [3.05, 3.63) is 54.1 Å². The third-order valence-corrected chi connectivity index (χ3v) is 6.27. The minimum Gasteiger partial charge on any atom is -0.497 e. The summed E-state index contributed by atoms with van der Waals surface area (Å²) < 4.78 is 5.17. The molecular weight excluding hydrogens is 414 g/mol. The van der Waals surface area contributed by atoms with Gasteiger partial charge in [-0.05, 0) is 68.3 Å². The predicted octanol–water partition coefficient (Wildman–Crippen LogP) is 4.02. The molecule has 0 bridgehead atoms. The van der Waals surface area contributed by atoms with Gasteiger partial charge in [-0.15, -0.1) is 0 Å². The number of amidine groups is 1. The number of carbonyl (C=O) groups is 3. The molecule has 1 unspecified atom stereocenters. The van der Waals surface area contributed by atoms with E-state index >= 15 is 0 Å². The van der Waals surface area contributed by atoms with Gasteiger partial charge in [0.1, 0.15) is 11.0 Å². The van der Waals surface area contributed by atoms with Crippen molar-refractivity contribution in [2.45, 2.75) is 37.5 Å². The lowest BCUT2D eigenvalue weighted by molar-refractivity contribution is -0.128. The molecule has 4 rings (SSSR count). The summed E-state index contributed by atoms with van der Waals surface area (Å²) in [6, 6.07) is 14.2. The second-order valence-corrected chi connectivity index (χ2v) is 8.69. The number of hydrogen-bond donors (Lipinski definition) is 1. The number of nitrogens with zero attached hydrogens (tertiary/aromatic N) is 2. The first-order valence-electron chi connectivity index (χ1n) is 10.1. The molecule has 31 heavy (non-hydrogen) atoms. The van der Waals surface area contributed by atoms with Crippen LogP contribution in [0.5, 0.6) is 5.75 Å². The molecule has 160 valence electrons. The summed E-state index contributed by atoms with van der Waals surface area (Å²) in [7, 11) is 1.61. The Hall–Kier alpha value is -3.13. The summed E-state index contributed by atoms with van der Waals surface area (Å²) >= 11 is 1.33. The van der Waals surface area contributed by atoms with E-state index in [0.29, 0.717) is 16.4 Å². The molecule has 1 aliphatic heterocycles. The molecule has 2 aliphatic rings. The zero-order valence-electron chi connectivity index (χ0n) is 17.3. The number of benzene rings is 2. The summed E-state index contributed by atoms with van der Waals surface area (Å²) in [5.41, 5.74) is 1.91. The lowest BCUT2D eigenvalue weighted by Gasteiger charge is -2.15. The summed E-state index contributed by atoms with van der Waals surface area (Å²) in [6.45, 7) is 1.49. The Kier molecular flexibility index (Phi) is 6.08. The number of anilines is 1. The average molecular weight is 438 g/mol. The summed E-state index contributed by atoms with van der Waals surface area (Å²) in [6.07, 6.45) is 1.97. The van der Waals surface area contributed by atoms with E-state index in [0.717, 1.165) is 24.3 Å². The van der Waals surface area contributed by atoms with Crippen LogP contribution < -0.4 is 10.1 Å². The van der Waals surface area contributed by atoms with Crippen molar-refractivity contribution in [3.63, 3.8) is 0 Å². The SMILES string of the molecule is COc1ccc(N=C2SC(CC(=O)Nc3ccc(C(C)=O)cc3)C(=O)N2C2CC2)cc1. The molecule has 8 heteroatoms. The second kappa shape index (κ2) is 8.93. The molecule has 1 heterocycles. The van der Waals surface area contributed by atoms with Gasteiger partial charge in [-0.3, -0.25) is 19.3 Å². The van der Waals surface area contributed by atoms with E-state index in [1.807, 2.05) is 24.3 Å². The lowest BCUT2D eigenvalue weighted by Crippen LogP contribution is -2.35. The predicted molar refractivity (Wildman–Crippen MR) is 121 cm³/mol. The molecule has 7 nitrogen and oxygen atoms in total. The highest BCUT2D eigenvalue weighted by Gasteiger charge is 2.46. The van der Waals surface area contributed by atoms with Crippen molar-refractivity contribution in [1.82, 2.24) is 4.90 Å². The number of carbonyl (C=O) groups excluding carboxylic acids is 3. The number of rotatable bonds is 7. The van der Waals surface area contributed by atoms with E-state index in [4.69, 9.17) is 4.74 Å². The third-order valence-electron chi connectivity index (χ3n) is 5.12. The molecule has 0 aromatic heterocycles. The van der Waals surface area contributed by atoms with Crippen LogP contribution in [0.1, 0.15) is 36.5 Å². The van der Waals surface area contributed by atoms with Crippen molar-refractivity contribution in [3.8, 4) is 5.75 Å². The van der Waals surface area contributed by atoms with Gasteiger partial charge in [-0.25, -0.2) is 4.99 Å². The van der Waals surface area contributed by atoms with Crippen molar-refractivity contribution in [1.29, 1.82) is 0 Å². The largest absolute Gasteiger partial charge is 0.497 e. The van der Waals surface area contributed by atoms with Gasteiger partial charge in [0.2, 0.25) is 11.8 Å². The Morgan fingerprint density at radius 2 is 1.81 bits per heavy atom. The molecule has 1 saturated carbocycles. The van der Waals surface area contributed by atoms with Crippen LogP contribution >= 0.6 is 11.8 Å². The van der Waals surface area contributed by atoms with E-state index in [1.165, 1.54) is 18.7 Å². The van der Waals surface area contributed by atoms with Gasteiger partial charge in [0.15, 0.2) is 11.0 Å². The highest BCUT2D eigenvalue weighted by molar-refractivity contribution is 8.15. The molecule has 1 atom stereocenters. The number of hydrogen-bond acceptors (Lipinski definition) is 6. The maximum absolute atomic E-state index is 13.0. The first kappa shape index (κ1) is 21.1. The van der Waals surface area contributed by atoms with Crippen LogP contribution in [0.3, 0.4) is 0 Å². The molecule has 0 spiro atoms. The normalized spacial score (nSPS) is 19.5. The minimum absolute atomic E-state index is 0.0327. The number of nitrogens with one attached hydrogen (secondary N) is 1. The van der Waals surface area contributed by atoms with Gasteiger partial charge in [0.25, 0.3) is 0 Å². The van der Waals surface area contributed by atoms with Crippen LogP contribution in [-0.2, 0) is 9.59 Å².